The second-order valence-corrected chi connectivity index (χ2v) is 12.1. The van der Waals surface area contributed by atoms with Gasteiger partial charge in [0.05, 0.1) is 0 Å². The van der Waals surface area contributed by atoms with Crippen LogP contribution < -0.4 is 4.57 Å². The number of unbranched alkanes of at least 4 members (excludes halogenated alkanes) is 1. The summed E-state index contributed by atoms with van der Waals surface area (Å²) in [5.74, 6) is 0.546. The monoisotopic (exact) mass is 476 g/mol. The molecule has 1 nitrogen and oxygen atoms in total. The van der Waals surface area contributed by atoms with Gasteiger partial charge < -0.3 is 0 Å². The number of rotatable bonds is 5. The molecule has 0 spiro atoms. The first-order valence-corrected chi connectivity index (χ1v) is 14.5. The number of pyridine rings is 1. The molecule has 0 radical (unpaired) electrons. The van der Waals surface area contributed by atoms with E-state index in [0.29, 0.717) is 5.92 Å². The fourth-order valence-electron chi connectivity index (χ4n) is 7.92. The topological polar surface area (TPSA) is 3.88 Å². The van der Waals surface area contributed by atoms with Gasteiger partial charge in [-0.1, -0.05) is 77.4 Å². The lowest BCUT2D eigenvalue weighted by molar-refractivity contribution is -0.745. The van der Waals surface area contributed by atoms with Gasteiger partial charge in [-0.25, -0.2) is 0 Å². The molecule has 36 heavy (non-hydrogen) atoms. The number of allylic oxidation sites excluding steroid dienone is 4. The Bertz CT molecular complexity index is 1400. The number of benzene rings is 2. The van der Waals surface area contributed by atoms with Crippen molar-refractivity contribution < 1.29 is 4.57 Å². The number of para-hydroxylation sites is 1. The Labute approximate surface area is 218 Å². The molecule has 1 heteroatoms. The first kappa shape index (κ1) is 23.7. The molecule has 1 aliphatic heterocycles. The van der Waals surface area contributed by atoms with E-state index in [0.717, 1.165) is 6.42 Å². The second kappa shape index (κ2) is 8.72. The van der Waals surface area contributed by atoms with Crippen LogP contribution in [0.5, 0.6) is 0 Å². The van der Waals surface area contributed by atoms with E-state index in [1.165, 1.54) is 67.1 Å². The van der Waals surface area contributed by atoms with Crippen LogP contribution in [0.15, 0.2) is 66.2 Å². The molecule has 1 unspecified atom stereocenters. The van der Waals surface area contributed by atoms with E-state index in [1.54, 1.807) is 27.8 Å². The van der Waals surface area contributed by atoms with Crippen LogP contribution in [0.2, 0.25) is 0 Å². The van der Waals surface area contributed by atoms with E-state index in [1.807, 2.05) is 0 Å². The van der Waals surface area contributed by atoms with Crippen molar-refractivity contribution in [1.82, 2.24) is 0 Å². The third kappa shape index (κ3) is 3.31. The molecular weight excluding hydrogens is 434 g/mol. The molecule has 0 bridgehead atoms. The first-order chi connectivity index (χ1) is 17.4. The Kier molecular flexibility index (Phi) is 5.74. The SMILES string of the molecule is CCCCc1cccc2c1C(C)(C)C1CC3=C(C=C21)CCC(CC)(CC)[n+]1c3ccc2ccccc21. The van der Waals surface area contributed by atoms with Crippen molar-refractivity contribution in [2.75, 3.05) is 0 Å². The van der Waals surface area contributed by atoms with Gasteiger partial charge in [0.15, 0.2) is 5.54 Å². The van der Waals surface area contributed by atoms with E-state index in [-0.39, 0.29) is 11.0 Å². The molecule has 2 aliphatic carbocycles. The summed E-state index contributed by atoms with van der Waals surface area (Å²) in [7, 11) is 0. The van der Waals surface area contributed by atoms with Gasteiger partial charge in [0.25, 0.3) is 0 Å². The third-order valence-corrected chi connectivity index (χ3v) is 10.1. The third-order valence-electron chi connectivity index (χ3n) is 10.1. The normalized spacial score (nSPS) is 21.4. The lowest BCUT2D eigenvalue weighted by Crippen LogP contribution is -2.58. The molecule has 6 rings (SSSR count). The van der Waals surface area contributed by atoms with Crippen molar-refractivity contribution in [2.45, 2.75) is 96.9 Å². The maximum atomic E-state index is 2.77. The zero-order valence-electron chi connectivity index (χ0n) is 23.0. The van der Waals surface area contributed by atoms with Crippen molar-refractivity contribution in [3.05, 3.63) is 88.6 Å². The Morgan fingerprint density at radius 1 is 0.917 bits per heavy atom. The van der Waals surface area contributed by atoms with Gasteiger partial charge in [-0.05, 0) is 77.0 Å². The Hall–Kier alpha value is -2.67. The van der Waals surface area contributed by atoms with Gasteiger partial charge in [0, 0.05) is 42.4 Å². The number of hydrogen-bond donors (Lipinski definition) is 0. The largest absolute Gasteiger partial charge is 0.213 e. The van der Waals surface area contributed by atoms with Crippen LogP contribution in [0.1, 0.15) is 102 Å². The molecule has 2 heterocycles. The zero-order chi connectivity index (χ0) is 25.1. The quantitative estimate of drug-likeness (QED) is 0.324. The number of fused-ring (bicyclic) bond motifs is 7. The van der Waals surface area contributed by atoms with Gasteiger partial charge in [0.2, 0.25) is 11.2 Å². The minimum atomic E-state index is 0.157. The average molecular weight is 477 g/mol. The van der Waals surface area contributed by atoms with Gasteiger partial charge in [0.1, 0.15) is 0 Å². The number of nitrogens with zero attached hydrogens (tertiary/aromatic N) is 1. The van der Waals surface area contributed by atoms with Crippen molar-refractivity contribution in [3.63, 3.8) is 0 Å². The van der Waals surface area contributed by atoms with Crippen molar-refractivity contribution in [1.29, 1.82) is 0 Å². The smallest absolute Gasteiger partial charge is 0.186 e. The highest BCUT2D eigenvalue weighted by atomic mass is 15.1. The van der Waals surface area contributed by atoms with Crippen molar-refractivity contribution in [3.8, 4) is 0 Å². The standard InChI is InChI=1S/C35H42N/c1-6-9-13-25-15-12-16-27-29-22-26-20-21-35(7-2,8-3)36-31-17-11-10-14-24(31)18-19-32(36)28(26)23-30(29)34(4,5)33(25)27/h10-12,14-19,22,30H,6-9,13,20-21,23H2,1-5H3/q+1. The highest BCUT2D eigenvalue weighted by molar-refractivity contribution is 5.88. The van der Waals surface area contributed by atoms with Crippen LogP contribution in [0.25, 0.3) is 22.0 Å². The minimum Gasteiger partial charge on any atom is -0.186 e. The summed E-state index contributed by atoms with van der Waals surface area (Å²) in [5.41, 5.74) is 12.8. The van der Waals surface area contributed by atoms with E-state index in [2.05, 4.69) is 99.9 Å². The number of hydrogen-bond acceptors (Lipinski definition) is 0. The highest BCUT2D eigenvalue weighted by Gasteiger charge is 2.49. The molecule has 0 amide bonds. The Morgan fingerprint density at radius 3 is 2.50 bits per heavy atom. The molecule has 0 saturated heterocycles. The second-order valence-electron chi connectivity index (χ2n) is 12.1. The fraction of sp³-hybridized carbons (Fsp3) is 0.457. The summed E-state index contributed by atoms with van der Waals surface area (Å²) in [4.78, 5) is 0. The predicted octanol–water partition coefficient (Wildman–Crippen LogP) is 8.93. The number of aromatic nitrogens is 1. The summed E-state index contributed by atoms with van der Waals surface area (Å²) >= 11 is 0. The van der Waals surface area contributed by atoms with Crippen LogP contribution in [-0.4, -0.2) is 0 Å². The average Bonchev–Trinajstić information content (AvgIpc) is 3.04. The first-order valence-electron chi connectivity index (χ1n) is 14.5. The molecule has 1 aromatic heterocycles. The summed E-state index contributed by atoms with van der Waals surface area (Å²) in [6, 6.07) is 21.0. The van der Waals surface area contributed by atoms with Gasteiger partial charge in [-0.2, -0.15) is 4.57 Å². The Morgan fingerprint density at radius 2 is 1.72 bits per heavy atom. The highest BCUT2D eigenvalue weighted by Crippen LogP contribution is 2.57. The number of aryl methyl sites for hydroxylation is 1. The fourth-order valence-corrected chi connectivity index (χ4v) is 7.92. The van der Waals surface area contributed by atoms with Gasteiger partial charge in [-0.3, -0.25) is 0 Å². The van der Waals surface area contributed by atoms with Crippen LogP contribution in [0.3, 0.4) is 0 Å². The summed E-state index contributed by atoms with van der Waals surface area (Å²) in [5, 5.41) is 1.36. The predicted molar refractivity (Wildman–Crippen MR) is 153 cm³/mol. The molecule has 0 fully saturated rings. The maximum Gasteiger partial charge on any atom is 0.213 e. The molecule has 0 saturated carbocycles. The van der Waals surface area contributed by atoms with Crippen LogP contribution in [-0.2, 0) is 17.4 Å². The van der Waals surface area contributed by atoms with Gasteiger partial charge >= 0.3 is 0 Å². The van der Waals surface area contributed by atoms with Crippen LogP contribution in [0.4, 0.5) is 0 Å². The molecular formula is C35H42N+. The van der Waals surface area contributed by atoms with Crippen LogP contribution >= 0.6 is 0 Å². The van der Waals surface area contributed by atoms with E-state index >= 15 is 0 Å². The summed E-state index contributed by atoms with van der Waals surface area (Å²) in [6.45, 7) is 12.1. The lowest BCUT2D eigenvalue weighted by Gasteiger charge is -2.33. The van der Waals surface area contributed by atoms with E-state index in [4.69, 9.17) is 0 Å². The molecule has 1 atom stereocenters. The molecule has 186 valence electrons. The maximum absolute atomic E-state index is 2.77. The molecule has 2 aromatic carbocycles. The van der Waals surface area contributed by atoms with E-state index < -0.39 is 0 Å². The molecule has 3 aliphatic rings. The molecule has 3 aromatic rings. The van der Waals surface area contributed by atoms with Crippen molar-refractivity contribution in [2.24, 2.45) is 5.92 Å². The van der Waals surface area contributed by atoms with Crippen molar-refractivity contribution >= 4 is 22.0 Å². The summed E-state index contributed by atoms with van der Waals surface area (Å²) in [6.07, 6.45) is 12.3. The van der Waals surface area contributed by atoms with E-state index in [9.17, 15) is 0 Å². The Balaban J connectivity index is 1.56. The zero-order valence-corrected chi connectivity index (χ0v) is 23.0. The van der Waals surface area contributed by atoms with Gasteiger partial charge in [-0.15, -0.1) is 0 Å². The molecule has 0 N–H and O–H groups in total. The summed E-state index contributed by atoms with van der Waals surface area (Å²) < 4.78 is 2.77. The lowest BCUT2D eigenvalue weighted by atomic mass is 9.70. The van der Waals surface area contributed by atoms with Crippen LogP contribution in [0, 0.1) is 5.92 Å². The minimum absolute atomic E-state index is 0.157.